The molecule has 2 aliphatic rings. The van der Waals surface area contributed by atoms with Crippen LogP contribution in [0.15, 0.2) is 109 Å². The van der Waals surface area contributed by atoms with E-state index in [-0.39, 0.29) is 81.4 Å². The topological polar surface area (TPSA) is 255 Å². The average molecular weight is 1410 g/mol. The highest BCUT2D eigenvalue weighted by Crippen LogP contribution is 2.44. The lowest BCUT2D eigenvalue weighted by molar-refractivity contribution is -0.301. The van der Waals surface area contributed by atoms with Gasteiger partial charge in [0.25, 0.3) is 5.91 Å². The van der Waals surface area contributed by atoms with Gasteiger partial charge in [-0.1, -0.05) is 89.2 Å². The summed E-state index contributed by atoms with van der Waals surface area (Å²) < 4.78 is 74.8. The minimum absolute atomic E-state index is 0.0309. The van der Waals surface area contributed by atoms with E-state index in [1.807, 2.05) is 117 Å². The zero-order valence-electron chi connectivity index (χ0n) is 59.7. The number of anilines is 1. The molecule has 2 fully saturated rings. The van der Waals surface area contributed by atoms with Crippen LogP contribution in [0.3, 0.4) is 0 Å². The van der Waals surface area contributed by atoms with Crippen molar-refractivity contribution < 1.29 is 80.8 Å². The summed E-state index contributed by atoms with van der Waals surface area (Å²) in [6.45, 7) is 24.9. The van der Waals surface area contributed by atoms with E-state index in [1.54, 1.807) is 53.2 Å². The van der Waals surface area contributed by atoms with Crippen LogP contribution in [0.2, 0.25) is 0 Å². The average Bonchev–Trinajstić information content (AvgIpc) is 1.59. The number of ether oxygens (including phenoxy) is 10. The number of rotatable bonds is 37. The van der Waals surface area contributed by atoms with Crippen molar-refractivity contribution in [3.8, 4) is 38.6 Å². The molecule has 0 unspecified atom stereocenters. The number of aromatic nitrogens is 2. The second-order valence-corrected chi connectivity index (χ2v) is 28.6. The Morgan fingerprint density at radius 3 is 1.87 bits per heavy atom. The van der Waals surface area contributed by atoms with E-state index in [0.717, 1.165) is 49.8 Å². The molecule has 6 aromatic rings. The Bertz CT molecular complexity index is 3570. The molecule has 24 heteroatoms. The van der Waals surface area contributed by atoms with Crippen LogP contribution < -0.4 is 20.7 Å². The van der Waals surface area contributed by atoms with Crippen molar-refractivity contribution in [3.63, 3.8) is 0 Å². The van der Waals surface area contributed by atoms with Gasteiger partial charge in [0.2, 0.25) is 17.7 Å². The van der Waals surface area contributed by atoms with E-state index in [0.29, 0.717) is 102 Å². The molecule has 0 spiro atoms. The maximum atomic E-state index is 14.9. The van der Waals surface area contributed by atoms with Gasteiger partial charge in [0.15, 0.2) is 5.79 Å². The summed E-state index contributed by atoms with van der Waals surface area (Å²) >= 11 is 1.57. The van der Waals surface area contributed by atoms with Crippen molar-refractivity contribution in [1.82, 2.24) is 25.1 Å². The molecule has 100 heavy (non-hydrogen) atoms. The van der Waals surface area contributed by atoms with Gasteiger partial charge in [-0.2, -0.15) is 0 Å². The molecule has 4 N–H and O–H groups in total. The number of nitrogens with zero attached hydrogens (tertiary/aromatic N) is 3. The van der Waals surface area contributed by atoms with Crippen LogP contribution in [0.1, 0.15) is 128 Å². The lowest BCUT2D eigenvalue weighted by Gasteiger charge is -2.41. The number of likely N-dealkylation sites (tertiary alicyclic amines) is 1. The Hall–Kier alpha value is -7.49. The minimum atomic E-state index is -0.984. The molecule has 2 aliphatic heterocycles. The molecule has 0 bridgehead atoms. The van der Waals surface area contributed by atoms with Crippen LogP contribution in [-0.2, 0) is 74.9 Å². The highest BCUT2D eigenvalue weighted by atomic mass is 32.1. The Kier molecular flexibility index (Phi) is 29.3. The van der Waals surface area contributed by atoms with E-state index in [2.05, 4.69) is 39.3 Å². The van der Waals surface area contributed by atoms with Crippen molar-refractivity contribution in [2.75, 3.05) is 97.8 Å². The Morgan fingerprint density at radius 2 is 1.30 bits per heavy atom. The van der Waals surface area contributed by atoms with Crippen molar-refractivity contribution in [3.05, 3.63) is 137 Å². The highest BCUT2D eigenvalue weighted by molar-refractivity contribution is 7.13. The van der Waals surface area contributed by atoms with E-state index < -0.39 is 52.9 Å². The molecule has 544 valence electrons. The van der Waals surface area contributed by atoms with Crippen LogP contribution >= 0.6 is 11.3 Å². The van der Waals surface area contributed by atoms with Gasteiger partial charge in [0, 0.05) is 49.4 Å². The van der Waals surface area contributed by atoms with Crippen molar-refractivity contribution >= 4 is 46.6 Å². The van der Waals surface area contributed by atoms with Crippen LogP contribution in [0.25, 0.3) is 32.8 Å². The summed E-state index contributed by atoms with van der Waals surface area (Å²) in [5, 5.41) is 19.5. The molecule has 8 rings (SSSR count). The van der Waals surface area contributed by atoms with Gasteiger partial charge in [-0.25, -0.2) is 9.37 Å². The van der Waals surface area contributed by atoms with Crippen LogP contribution in [0.4, 0.5) is 10.1 Å². The Balaban J connectivity index is 0.683. The number of hydrogen-bond donors (Lipinski definition) is 4. The number of aliphatic hydroxyl groups excluding tert-OH is 1. The quantitative estimate of drug-likeness (QED) is 0.0209. The number of nitrogens with one attached hydrogen (secondary N) is 3. The smallest absolute Gasteiger partial charge is 0.308 e. The number of aliphatic hydroxyl groups is 1. The SMILES string of the molecule is Cc1ncsc1-c1ccc(CNC(=O)[C@@H]2C[C@@H](O)CN2C(=O)[C@@H](NC(=O)COCCOCCOCCOCCOCCOCCOc2ccc(NC(=O)c3c(-c4ccccc4)c(-c4ccc(F)cc4)n(CC[C@@H]4C[C@H](CC(=O)OC(C)(C)C)OC(C)(C)O4)c3C(C)C)cc2)C(C)(C)C)cc1. The first-order chi connectivity index (χ1) is 47.7. The fourth-order valence-electron chi connectivity index (χ4n) is 12.2. The van der Waals surface area contributed by atoms with Gasteiger partial charge in [-0.3, -0.25) is 24.0 Å². The second kappa shape index (κ2) is 37.4. The fourth-order valence-corrected chi connectivity index (χ4v) is 13.0. The third kappa shape index (κ3) is 23.8. The molecule has 2 saturated heterocycles. The number of hydrogen-bond acceptors (Lipinski definition) is 18. The van der Waals surface area contributed by atoms with E-state index in [1.165, 1.54) is 17.0 Å². The number of carbonyl (C=O) groups is 5. The molecule has 0 saturated carbocycles. The number of β-amino-alcohol motifs (C(OH)–C–C–N with tert-alkyl or cyclic N) is 1. The lowest BCUT2D eigenvalue weighted by atomic mass is 9.85. The number of halogens is 1. The molecule has 2 aromatic heterocycles. The zero-order valence-corrected chi connectivity index (χ0v) is 60.5. The molecule has 4 aromatic carbocycles. The summed E-state index contributed by atoms with van der Waals surface area (Å²) in [4.78, 5) is 75.1. The molecule has 4 amide bonds. The largest absolute Gasteiger partial charge is 0.491 e. The zero-order chi connectivity index (χ0) is 72.0. The highest BCUT2D eigenvalue weighted by Gasteiger charge is 2.45. The fraction of sp³-hybridized carbons (Fsp3) is 0.526. The second-order valence-electron chi connectivity index (χ2n) is 27.7. The van der Waals surface area contributed by atoms with E-state index >= 15 is 0 Å². The summed E-state index contributed by atoms with van der Waals surface area (Å²) in [5.74, 6) is -2.85. The van der Waals surface area contributed by atoms with Gasteiger partial charge in [0.1, 0.15) is 42.5 Å². The predicted octanol–water partition coefficient (Wildman–Crippen LogP) is 11.1. The molecular formula is C76H101FN6O16S. The number of benzene rings is 4. The molecule has 0 aliphatic carbocycles. The molecular weight excluding hydrogens is 1300 g/mol. The minimum Gasteiger partial charge on any atom is -0.491 e. The van der Waals surface area contributed by atoms with Crippen molar-refractivity contribution in [1.29, 1.82) is 0 Å². The van der Waals surface area contributed by atoms with Gasteiger partial charge in [-0.05, 0) is 130 Å². The van der Waals surface area contributed by atoms with Gasteiger partial charge < -0.3 is 77.9 Å². The number of aryl methyl sites for hydroxylation is 1. The monoisotopic (exact) mass is 1400 g/mol. The summed E-state index contributed by atoms with van der Waals surface area (Å²) in [6, 6.07) is 29.2. The molecule has 0 radical (unpaired) electrons. The maximum absolute atomic E-state index is 14.9. The standard InChI is InChI=1S/C76H101FN6O16S/c1-50(2)67-66(65(53-15-13-12-14-16-53)68(54-21-23-56(77)24-22-54)82(67)30-29-60-44-61(98-76(10,11)97-60)45-64(86)99-75(7,8)9)72(88)80-57-25-27-59(28-26-57)96-42-41-94-38-37-92-34-33-90-31-32-91-35-36-93-39-40-95-48-63(85)81-70(74(4,5)6)73(89)83-47-58(84)43-62(83)71(87)78-46-52-17-19-55(20-18-52)69-51(3)79-49-100-69/h12-28,49-50,58,60-62,70,84H,29-48H2,1-11H3,(H,78,87)(H,80,88)(H,81,85)/t58-,60-,61-,62+,70-/m1/s1. The number of esters is 1. The van der Waals surface area contributed by atoms with Gasteiger partial charge >= 0.3 is 5.97 Å². The van der Waals surface area contributed by atoms with E-state index in [4.69, 9.17) is 47.4 Å². The van der Waals surface area contributed by atoms with E-state index in [9.17, 15) is 33.5 Å². The molecule has 22 nitrogen and oxygen atoms in total. The van der Waals surface area contributed by atoms with Gasteiger partial charge in [0.05, 0.1) is 125 Å². The summed E-state index contributed by atoms with van der Waals surface area (Å²) in [5.41, 5.74) is 8.28. The van der Waals surface area contributed by atoms with Gasteiger partial charge in [-0.15, -0.1) is 11.3 Å². The van der Waals surface area contributed by atoms with Crippen LogP contribution in [-0.4, -0.2) is 183 Å². The third-order valence-electron chi connectivity index (χ3n) is 16.6. The summed E-state index contributed by atoms with van der Waals surface area (Å²) in [6.07, 6.45) is -0.447. The summed E-state index contributed by atoms with van der Waals surface area (Å²) in [7, 11) is 0. The number of amides is 4. The Morgan fingerprint density at radius 1 is 0.720 bits per heavy atom. The first kappa shape index (κ1) is 78.2. The lowest BCUT2D eigenvalue weighted by Crippen LogP contribution is -2.58. The van der Waals surface area contributed by atoms with Crippen molar-refractivity contribution in [2.24, 2.45) is 5.41 Å². The number of carbonyl (C=O) groups excluding carboxylic acids is 5. The normalized spacial score (nSPS) is 17.3. The van der Waals surface area contributed by atoms with Crippen molar-refractivity contribution in [2.45, 2.75) is 163 Å². The first-order valence-corrected chi connectivity index (χ1v) is 35.3. The first-order valence-electron chi connectivity index (χ1n) is 34.4. The molecule has 4 heterocycles. The third-order valence-corrected chi connectivity index (χ3v) is 17.6. The van der Waals surface area contributed by atoms with Crippen LogP contribution in [0, 0.1) is 18.2 Å². The molecule has 5 atom stereocenters. The maximum Gasteiger partial charge on any atom is 0.308 e. The Labute approximate surface area is 591 Å². The van der Waals surface area contributed by atoms with Crippen LogP contribution in [0.5, 0.6) is 5.75 Å². The predicted molar refractivity (Wildman–Crippen MR) is 379 cm³/mol. The number of thiazole rings is 1.